The molecule has 32 heavy (non-hydrogen) atoms. The molecule has 0 spiro atoms. The number of amides is 1. The van der Waals surface area contributed by atoms with Gasteiger partial charge in [0.2, 0.25) is 5.95 Å². The second kappa shape index (κ2) is 7.99. The molecule has 10 heteroatoms. The molecule has 8 nitrogen and oxygen atoms in total. The summed E-state index contributed by atoms with van der Waals surface area (Å²) in [6.07, 6.45) is 2.32. The summed E-state index contributed by atoms with van der Waals surface area (Å²) in [6.45, 7) is 1.51. The summed E-state index contributed by atoms with van der Waals surface area (Å²) in [5.74, 6) is 0.396. The third-order valence-corrected chi connectivity index (χ3v) is 5.93. The van der Waals surface area contributed by atoms with Crippen molar-refractivity contribution in [3.8, 4) is 17.0 Å². The van der Waals surface area contributed by atoms with Crippen LogP contribution < -0.4 is 20.3 Å². The number of carbonyl (C=O) groups excluding carboxylic acids is 1. The van der Waals surface area contributed by atoms with Crippen molar-refractivity contribution in [3.63, 3.8) is 0 Å². The Kier molecular flexibility index (Phi) is 5.15. The molecule has 3 aromatic rings. The number of fused-ring (bicyclic) bond motifs is 1. The van der Waals surface area contributed by atoms with E-state index in [4.69, 9.17) is 22.1 Å². The van der Waals surface area contributed by atoms with Crippen LogP contribution in [-0.4, -0.2) is 47.1 Å². The predicted octanol–water partition coefficient (Wildman–Crippen LogP) is 3.04. The molecule has 1 aromatic carbocycles. The van der Waals surface area contributed by atoms with Gasteiger partial charge in [0.15, 0.2) is 0 Å². The van der Waals surface area contributed by atoms with Gasteiger partial charge < -0.3 is 15.4 Å². The van der Waals surface area contributed by atoms with E-state index in [1.165, 1.54) is 24.3 Å². The lowest BCUT2D eigenvalue weighted by Crippen LogP contribution is -2.29. The number of rotatable bonds is 4. The second-order valence-corrected chi connectivity index (χ2v) is 8.12. The monoisotopic (exact) mass is 454 g/mol. The smallest absolute Gasteiger partial charge is 0.260 e. The van der Waals surface area contributed by atoms with Gasteiger partial charge in [-0.15, -0.1) is 0 Å². The van der Waals surface area contributed by atoms with Crippen LogP contribution in [0.25, 0.3) is 11.3 Å². The Morgan fingerprint density at radius 1 is 1.28 bits per heavy atom. The highest BCUT2D eigenvalue weighted by Crippen LogP contribution is 2.38. The van der Waals surface area contributed by atoms with Crippen molar-refractivity contribution < 1.29 is 13.9 Å². The number of nitrogens with zero attached hydrogens (tertiary/aromatic N) is 5. The Labute approximate surface area is 188 Å². The third-order valence-electron chi connectivity index (χ3n) is 5.73. The van der Waals surface area contributed by atoms with Crippen LogP contribution in [0.4, 0.5) is 16.2 Å². The van der Waals surface area contributed by atoms with Crippen molar-refractivity contribution in [2.75, 3.05) is 30.0 Å². The van der Waals surface area contributed by atoms with Crippen LogP contribution >= 0.6 is 11.6 Å². The lowest BCUT2D eigenvalue weighted by molar-refractivity contribution is 0.0996. The summed E-state index contributed by atoms with van der Waals surface area (Å²) in [6, 6.07) is 7.77. The summed E-state index contributed by atoms with van der Waals surface area (Å²) in [5, 5.41) is 0.225. The van der Waals surface area contributed by atoms with Crippen LogP contribution in [0.3, 0.4) is 0 Å². The van der Waals surface area contributed by atoms with Gasteiger partial charge in [-0.05, 0) is 24.6 Å². The molecule has 5 rings (SSSR count). The molecule has 1 amide bonds. The van der Waals surface area contributed by atoms with Crippen LogP contribution in [0, 0.1) is 5.82 Å². The first-order valence-corrected chi connectivity index (χ1v) is 10.5. The Bertz CT molecular complexity index is 1220. The number of ether oxygens (including phenoxy) is 1. The van der Waals surface area contributed by atoms with Crippen molar-refractivity contribution >= 4 is 29.3 Å². The molecule has 1 unspecified atom stereocenters. The van der Waals surface area contributed by atoms with E-state index in [0.29, 0.717) is 40.9 Å². The molecule has 2 aliphatic heterocycles. The summed E-state index contributed by atoms with van der Waals surface area (Å²) in [5.41, 5.74) is 7.61. The summed E-state index contributed by atoms with van der Waals surface area (Å²) in [7, 11) is 1.47. The summed E-state index contributed by atoms with van der Waals surface area (Å²) >= 11 is 6.26. The molecule has 1 atom stereocenters. The van der Waals surface area contributed by atoms with E-state index in [2.05, 4.69) is 15.0 Å². The first-order valence-electron chi connectivity index (χ1n) is 10.1. The topological polar surface area (TPSA) is 97.5 Å². The molecule has 1 fully saturated rings. The molecular formula is C22H20ClFN6O2. The van der Waals surface area contributed by atoms with Gasteiger partial charge in [0.25, 0.3) is 5.91 Å². The van der Waals surface area contributed by atoms with Crippen LogP contribution in [0.2, 0.25) is 5.15 Å². The first-order chi connectivity index (χ1) is 15.5. The van der Waals surface area contributed by atoms with Crippen molar-refractivity contribution in [1.82, 2.24) is 15.0 Å². The fraction of sp³-hybridized carbons (Fsp3) is 0.273. The van der Waals surface area contributed by atoms with Gasteiger partial charge in [-0.25, -0.2) is 9.37 Å². The molecule has 0 bridgehead atoms. The van der Waals surface area contributed by atoms with Gasteiger partial charge >= 0.3 is 0 Å². The quantitative estimate of drug-likeness (QED) is 0.605. The average Bonchev–Trinajstić information content (AvgIpc) is 3.37. The van der Waals surface area contributed by atoms with Crippen LogP contribution in [0.5, 0.6) is 5.75 Å². The number of hydrogen-bond acceptors (Lipinski definition) is 7. The zero-order valence-electron chi connectivity index (χ0n) is 17.3. The normalized spacial score (nSPS) is 17.8. The number of aromatic nitrogens is 3. The van der Waals surface area contributed by atoms with E-state index < -0.39 is 5.82 Å². The van der Waals surface area contributed by atoms with Crippen LogP contribution in [0.1, 0.15) is 22.3 Å². The van der Waals surface area contributed by atoms with Crippen molar-refractivity contribution in [2.24, 2.45) is 5.73 Å². The fourth-order valence-corrected chi connectivity index (χ4v) is 4.35. The van der Waals surface area contributed by atoms with E-state index in [-0.39, 0.29) is 29.2 Å². The second-order valence-electron chi connectivity index (χ2n) is 7.74. The zero-order valence-corrected chi connectivity index (χ0v) is 18.0. The molecule has 2 N–H and O–H groups in total. The number of nitrogens with two attached hydrogens (primary N) is 1. The van der Waals surface area contributed by atoms with Gasteiger partial charge in [0.05, 0.1) is 24.9 Å². The minimum atomic E-state index is -0.478. The maximum Gasteiger partial charge on any atom is 0.260 e. The zero-order chi connectivity index (χ0) is 22.4. The fourth-order valence-electron chi connectivity index (χ4n) is 4.18. The standard InChI is InChI=1S/C22H20ClFN6O2/c1-32-16-4-2-3-15(24)19(16)20-14-11-30(21(31)13(14)5-7-26-20)18-9-17(23)27-22(28-18)29-8-6-12(25)10-29/h2-5,7,9,12H,6,8,10-11,25H2,1H3. The maximum atomic E-state index is 14.7. The minimum absolute atomic E-state index is 0.0445. The largest absolute Gasteiger partial charge is 0.496 e. The van der Waals surface area contributed by atoms with Crippen LogP contribution in [0.15, 0.2) is 36.5 Å². The third kappa shape index (κ3) is 3.43. The summed E-state index contributed by atoms with van der Waals surface area (Å²) in [4.78, 5) is 30.0. The van der Waals surface area contributed by atoms with Gasteiger partial charge in [-0.2, -0.15) is 4.98 Å². The molecule has 0 radical (unpaired) electrons. The lowest BCUT2D eigenvalue weighted by Gasteiger charge is -2.20. The van der Waals surface area contributed by atoms with Gasteiger partial charge in [0.1, 0.15) is 22.5 Å². The molecular weight excluding hydrogens is 435 g/mol. The van der Waals surface area contributed by atoms with E-state index in [0.717, 1.165) is 13.0 Å². The first kappa shape index (κ1) is 20.6. The highest BCUT2D eigenvalue weighted by atomic mass is 35.5. The lowest BCUT2D eigenvalue weighted by atomic mass is 10.0. The van der Waals surface area contributed by atoms with E-state index in [9.17, 15) is 9.18 Å². The number of methoxy groups -OCH3 is 1. The molecule has 2 aromatic heterocycles. The van der Waals surface area contributed by atoms with Crippen LogP contribution in [-0.2, 0) is 6.54 Å². The highest BCUT2D eigenvalue weighted by Gasteiger charge is 2.34. The molecule has 0 aliphatic carbocycles. The average molecular weight is 455 g/mol. The number of halogens is 2. The maximum absolute atomic E-state index is 14.7. The Balaban J connectivity index is 1.55. The Hall–Kier alpha value is -3.30. The molecule has 164 valence electrons. The number of carbonyl (C=O) groups is 1. The predicted molar refractivity (Wildman–Crippen MR) is 119 cm³/mol. The Morgan fingerprint density at radius 3 is 2.88 bits per heavy atom. The van der Waals surface area contributed by atoms with Gasteiger partial charge in [-0.1, -0.05) is 17.7 Å². The highest BCUT2D eigenvalue weighted by molar-refractivity contribution is 6.29. The van der Waals surface area contributed by atoms with E-state index >= 15 is 0 Å². The number of hydrogen-bond donors (Lipinski definition) is 1. The number of anilines is 2. The van der Waals surface area contributed by atoms with Crippen molar-refractivity contribution in [2.45, 2.75) is 19.0 Å². The van der Waals surface area contributed by atoms with E-state index in [1.54, 1.807) is 24.3 Å². The molecule has 0 saturated carbocycles. The van der Waals surface area contributed by atoms with Crippen molar-refractivity contribution in [1.29, 1.82) is 0 Å². The molecule has 2 aliphatic rings. The number of benzene rings is 1. The van der Waals surface area contributed by atoms with Gasteiger partial charge in [0, 0.05) is 42.5 Å². The summed E-state index contributed by atoms with van der Waals surface area (Å²) < 4.78 is 20.1. The number of pyridine rings is 1. The minimum Gasteiger partial charge on any atom is -0.496 e. The Morgan fingerprint density at radius 2 is 2.12 bits per heavy atom. The molecule has 1 saturated heterocycles. The van der Waals surface area contributed by atoms with E-state index in [1.807, 2.05) is 4.90 Å². The van der Waals surface area contributed by atoms with Gasteiger partial charge in [-0.3, -0.25) is 14.7 Å². The molecule has 4 heterocycles. The van der Waals surface area contributed by atoms with Crippen molar-refractivity contribution in [3.05, 3.63) is 58.6 Å². The SMILES string of the molecule is COc1cccc(F)c1-c1nccc2c1CN(c1cc(Cl)nc(N3CCC(N)C3)n1)C2=O.